The van der Waals surface area contributed by atoms with E-state index in [1.807, 2.05) is 12.1 Å². The van der Waals surface area contributed by atoms with E-state index in [4.69, 9.17) is 11.6 Å². The number of amides is 2. The zero-order valence-corrected chi connectivity index (χ0v) is 22.2. The number of benzene rings is 2. The SMILES string of the molecule is CC[C@H](C(=O)NC)N(Cc1ccccc1Cl)C(=O)CN(c1ccc(C(C)(C)C)cc1)S(C)(=O)=O. The lowest BCUT2D eigenvalue weighted by Gasteiger charge is -2.33. The van der Waals surface area contributed by atoms with Crippen LogP contribution in [0.1, 0.15) is 45.2 Å². The Hall–Kier alpha value is -2.58. The lowest BCUT2D eigenvalue weighted by atomic mass is 9.87. The maximum Gasteiger partial charge on any atom is 0.244 e. The summed E-state index contributed by atoms with van der Waals surface area (Å²) in [6.45, 7) is 7.63. The summed E-state index contributed by atoms with van der Waals surface area (Å²) in [5.41, 5.74) is 2.00. The molecule has 2 aromatic rings. The Morgan fingerprint density at radius 1 is 1.06 bits per heavy atom. The first-order valence-electron chi connectivity index (χ1n) is 11.1. The molecule has 0 fully saturated rings. The van der Waals surface area contributed by atoms with Crippen molar-refractivity contribution in [1.82, 2.24) is 10.2 Å². The monoisotopic (exact) mass is 507 g/mol. The van der Waals surface area contributed by atoms with E-state index in [1.165, 1.54) is 11.9 Å². The van der Waals surface area contributed by atoms with Crippen LogP contribution in [0.4, 0.5) is 5.69 Å². The van der Waals surface area contributed by atoms with Crippen molar-refractivity contribution >= 4 is 39.1 Å². The highest BCUT2D eigenvalue weighted by Crippen LogP contribution is 2.26. The Morgan fingerprint density at radius 3 is 2.12 bits per heavy atom. The van der Waals surface area contributed by atoms with Crippen molar-refractivity contribution in [1.29, 1.82) is 0 Å². The lowest BCUT2D eigenvalue weighted by Crippen LogP contribution is -2.51. The van der Waals surface area contributed by atoms with Gasteiger partial charge in [0.1, 0.15) is 12.6 Å². The molecule has 34 heavy (non-hydrogen) atoms. The third kappa shape index (κ3) is 6.96. The van der Waals surface area contributed by atoms with Gasteiger partial charge in [-0.15, -0.1) is 0 Å². The molecule has 0 unspecified atom stereocenters. The average molecular weight is 508 g/mol. The van der Waals surface area contributed by atoms with Crippen LogP contribution in [0.3, 0.4) is 0 Å². The summed E-state index contributed by atoms with van der Waals surface area (Å²) in [6, 6.07) is 13.4. The summed E-state index contributed by atoms with van der Waals surface area (Å²) in [5.74, 6) is -0.830. The molecule has 2 rings (SSSR count). The summed E-state index contributed by atoms with van der Waals surface area (Å²) in [6.07, 6.45) is 1.42. The van der Waals surface area contributed by atoms with E-state index >= 15 is 0 Å². The van der Waals surface area contributed by atoms with Gasteiger partial charge >= 0.3 is 0 Å². The van der Waals surface area contributed by atoms with Gasteiger partial charge in [-0.3, -0.25) is 13.9 Å². The topological polar surface area (TPSA) is 86.8 Å². The average Bonchev–Trinajstić information content (AvgIpc) is 2.76. The van der Waals surface area contributed by atoms with Crippen molar-refractivity contribution in [2.75, 3.05) is 24.2 Å². The first-order chi connectivity index (χ1) is 15.8. The van der Waals surface area contributed by atoms with E-state index < -0.39 is 28.5 Å². The minimum Gasteiger partial charge on any atom is -0.357 e. The molecule has 0 radical (unpaired) electrons. The van der Waals surface area contributed by atoms with E-state index in [-0.39, 0.29) is 17.9 Å². The van der Waals surface area contributed by atoms with Gasteiger partial charge < -0.3 is 10.2 Å². The van der Waals surface area contributed by atoms with Gasteiger partial charge in [-0.05, 0) is 41.2 Å². The maximum absolute atomic E-state index is 13.5. The highest BCUT2D eigenvalue weighted by Gasteiger charge is 2.31. The van der Waals surface area contributed by atoms with Crippen LogP contribution in [0.2, 0.25) is 5.02 Å². The molecule has 0 saturated heterocycles. The predicted molar refractivity (Wildman–Crippen MR) is 137 cm³/mol. The summed E-state index contributed by atoms with van der Waals surface area (Å²) in [7, 11) is -2.27. The molecule has 1 atom stereocenters. The number of halogens is 1. The van der Waals surface area contributed by atoms with Gasteiger partial charge in [-0.2, -0.15) is 0 Å². The Labute approximate surface area is 208 Å². The lowest BCUT2D eigenvalue weighted by molar-refractivity contribution is -0.140. The highest BCUT2D eigenvalue weighted by molar-refractivity contribution is 7.92. The first kappa shape index (κ1) is 27.7. The quantitative estimate of drug-likeness (QED) is 0.556. The minimum atomic E-state index is -3.77. The largest absolute Gasteiger partial charge is 0.357 e. The molecule has 0 saturated carbocycles. The minimum absolute atomic E-state index is 0.0744. The molecule has 0 bridgehead atoms. The van der Waals surface area contributed by atoms with Gasteiger partial charge in [0.2, 0.25) is 21.8 Å². The van der Waals surface area contributed by atoms with Gasteiger partial charge in [-0.25, -0.2) is 8.42 Å². The molecule has 0 aliphatic heterocycles. The molecular formula is C25H34ClN3O4S. The van der Waals surface area contributed by atoms with Crippen LogP contribution in [-0.4, -0.2) is 51.0 Å². The molecule has 186 valence electrons. The molecular weight excluding hydrogens is 474 g/mol. The number of hydrogen-bond donors (Lipinski definition) is 1. The second-order valence-electron chi connectivity index (χ2n) is 9.22. The van der Waals surface area contributed by atoms with Crippen molar-refractivity contribution in [3.63, 3.8) is 0 Å². The molecule has 2 aromatic carbocycles. The summed E-state index contributed by atoms with van der Waals surface area (Å²) >= 11 is 6.32. The third-order valence-corrected chi connectivity index (χ3v) is 7.14. The molecule has 0 aliphatic carbocycles. The van der Waals surface area contributed by atoms with Crippen molar-refractivity contribution < 1.29 is 18.0 Å². The molecule has 2 amide bonds. The molecule has 7 nitrogen and oxygen atoms in total. The van der Waals surface area contributed by atoms with Gasteiger partial charge in [0, 0.05) is 18.6 Å². The van der Waals surface area contributed by atoms with E-state index in [9.17, 15) is 18.0 Å². The van der Waals surface area contributed by atoms with Gasteiger partial charge in [-0.1, -0.05) is 69.6 Å². The molecule has 0 heterocycles. The van der Waals surface area contributed by atoms with E-state index in [1.54, 1.807) is 43.3 Å². The van der Waals surface area contributed by atoms with Crippen LogP contribution in [0, 0.1) is 0 Å². The number of anilines is 1. The normalized spacial score (nSPS) is 12.7. The standard InChI is InChI=1S/C25H34ClN3O4S/c1-7-22(24(31)27-5)28(16-18-10-8-9-11-21(18)26)23(30)17-29(34(6,32)33)20-14-12-19(13-15-20)25(2,3)4/h8-15,22H,7,16-17H2,1-6H3,(H,27,31)/t22-/m1/s1. The van der Waals surface area contributed by atoms with E-state index in [2.05, 4.69) is 26.1 Å². The second kappa shape index (κ2) is 11.2. The number of nitrogens with one attached hydrogen (secondary N) is 1. The van der Waals surface area contributed by atoms with Crippen LogP contribution >= 0.6 is 11.6 Å². The summed E-state index contributed by atoms with van der Waals surface area (Å²) in [4.78, 5) is 27.5. The number of carbonyl (C=O) groups is 2. The van der Waals surface area contributed by atoms with Crippen LogP contribution in [-0.2, 0) is 31.6 Å². The van der Waals surface area contributed by atoms with Crippen LogP contribution in [0.15, 0.2) is 48.5 Å². The number of hydrogen-bond acceptors (Lipinski definition) is 4. The molecule has 0 aromatic heterocycles. The van der Waals surface area contributed by atoms with Crippen molar-refractivity contribution in [3.05, 3.63) is 64.7 Å². The summed E-state index contributed by atoms with van der Waals surface area (Å²) in [5, 5.41) is 3.05. The fourth-order valence-electron chi connectivity index (χ4n) is 3.64. The van der Waals surface area contributed by atoms with E-state index in [0.717, 1.165) is 16.1 Å². The Morgan fingerprint density at radius 2 is 1.65 bits per heavy atom. The Balaban J connectivity index is 2.44. The number of carbonyl (C=O) groups excluding carboxylic acids is 2. The number of sulfonamides is 1. The van der Waals surface area contributed by atoms with Crippen LogP contribution < -0.4 is 9.62 Å². The zero-order chi connectivity index (χ0) is 25.7. The Bertz CT molecular complexity index is 1110. The van der Waals surface area contributed by atoms with Crippen molar-refractivity contribution in [2.45, 2.75) is 52.1 Å². The molecule has 9 heteroatoms. The van der Waals surface area contributed by atoms with Gasteiger partial charge in [0.15, 0.2) is 0 Å². The van der Waals surface area contributed by atoms with Crippen molar-refractivity contribution in [3.8, 4) is 0 Å². The maximum atomic E-state index is 13.5. The first-order valence-corrected chi connectivity index (χ1v) is 13.3. The summed E-state index contributed by atoms with van der Waals surface area (Å²) < 4.78 is 26.4. The van der Waals surface area contributed by atoms with E-state index in [0.29, 0.717) is 22.7 Å². The zero-order valence-electron chi connectivity index (χ0n) is 20.6. The molecule has 0 aliphatic rings. The fourth-order valence-corrected chi connectivity index (χ4v) is 4.68. The second-order valence-corrected chi connectivity index (χ2v) is 11.5. The number of nitrogens with zero attached hydrogens (tertiary/aromatic N) is 2. The van der Waals surface area contributed by atoms with Crippen LogP contribution in [0.25, 0.3) is 0 Å². The van der Waals surface area contributed by atoms with Gasteiger partial charge in [0.05, 0.1) is 11.9 Å². The number of rotatable bonds is 9. The van der Waals surface area contributed by atoms with Crippen molar-refractivity contribution in [2.24, 2.45) is 0 Å². The van der Waals surface area contributed by atoms with Gasteiger partial charge in [0.25, 0.3) is 0 Å². The molecule has 0 spiro atoms. The smallest absolute Gasteiger partial charge is 0.244 e. The van der Waals surface area contributed by atoms with Crippen LogP contribution in [0.5, 0.6) is 0 Å². The predicted octanol–water partition coefficient (Wildman–Crippen LogP) is 3.96. The Kier molecular flexibility index (Phi) is 9.14. The highest BCUT2D eigenvalue weighted by atomic mass is 35.5. The fraction of sp³-hybridized carbons (Fsp3) is 0.440. The molecule has 1 N–H and O–H groups in total. The third-order valence-electron chi connectivity index (χ3n) is 5.63. The number of likely N-dealkylation sites (N-methyl/N-ethyl adjacent to an activating group) is 1.